The SMILES string of the molecule is COCOC(=O)C1=C(Cc2ccccn2)CS[C@H]2C(N)C(=O)N12. The highest BCUT2D eigenvalue weighted by atomic mass is 32.2. The van der Waals surface area contributed by atoms with Gasteiger partial charge in [0.1, 0.15) is 17.1 Å². The first-order valence-corrected chi connectivity index (χ1v) is 8.16. The molecule has 3 rings (SSSR count). The maximum Gasteiger partial charge on any atom is 0.357 e. The maximum absolute atomic E-state index is 12.4. The highest BCUT2D eigenvalue weighted by Crippen LogP contribution is 2.40. The Labute approximate surface area is 137 Å². The molecule has 8 heteroatoms. The van der Waals surface area contributed by atoms with Gasteiger partial charge in [-0.1, -0.05) is 6.07 Å². The molecule has 1 aromatic heterocycles. The van der Waals surface area contributed by atoms with Gasteiger partial charge in [-0.2, -0.15) is 0 Å². The minimum atomic E-state index is -0.568. The largest absolute Gasteiger partial charge is 0.434 e. The minimum Gasteiger partial charge on any atom is -0.434 e. The Morgan fingerprint density at radius 2 is 2.35 bits per heavy atom. The van der Waals surface area contributed by atoms with Gasteiger partial charge < -0.3 is 15.2 Å². The zero-order chi connectivity index (χ0) is 16.4. The van der Waals surface area contributed by atoms with Gasteiger partial charge in [0.05, 0.1) is 0 Å². The second kappa shape index (κ2) is 6.69. The molecule has 0 saturated carbocycles. The Morgan fingerprint density at radius 3 is 3.04 bits per heavy atom. The van der Waals surface area contributed by atoms with Gasteiger partial charge in [-0.15, -0.1) is 11.8 Å². The number of fused-ring (bicyclic) bond motifs is 1. The molecule has 0 aromatic carbocycles. The van der Waals surface area contributed by atoms with Gasteiger partial charge in [0, 0.05) is 31.2 Å². The van der Waals surface area contributed by atoms with Gasteiger partial charge in [-0.3, -0.25) is 14.7 Å². The summed E-state index contributed by atoms with van der Waals surface area (Å²) in [6, 6.07) is 5.03. The van der Waals surface area contributed by atoms with E-state index in [1.807, 2.05) is 18.2 Å². The molecule has 7 nitrogen and oxygen atoms in total. The van der Waals surface area contributed by atoms with Crippen molar-refractivity contribution in [2.75, 3.05) is 19.7 Å². The molecule has 1 unspecified atom stereocenters. The summed E-state index contributed by atoms with van der Waals surface area (Å²) < 4.78 is 9.82. The summed E-state index contributed by atoms with van der Waals surface area (Å²) in [5.41, 5.74) is 7.73. The Kier molecular flexibility index (Phi) is 4.65. The number of hydrogen-bond donors (Lipinski definition) is 1. The monoisotopic (exact) mass is 335 g/mol. The molecule has 23 heavy (non-hydrogen) atoms. The molecule has 2 aliphatic rings. The average Bonchev–Trinajstić information content (AvgIpc) is 2.59. The van der Waals surface area contributed by atoms with E-state index in [2.05, 4.69) is 4.98 Å². The Morgan fingerprint density at radius 1 is 1.52 bits per heavy atom. The maximum atomic E-state index is 12.4. The predicted molar refractivity (Wildman–Crippen MR) is 84.0 cm³/mol. The number of amides is 1. The Balaban J connectivity index is 1.91. The van der Waals surface area contributed by atoms with E-state index in [9.17, 15) is 9.59 Å². The summed E-state index contributed by atoms with van der Waals surface area (Å²) in [6.07, 6.45) is 2.18. The van der Waals surface area contributed by atoms with E-state index in [1.165, 1.54) is 12.0 Å². The van der Waals surface area contributed by atoms with Crippen LogP contribution in [0.25, 0.3) is 0 Å². The fourth-order valence-corrected chi connectivity index (χ4v) is 3.90. The van der Waals surface area contributed by atoms with Crippen molar-refractivity contribution in [1.29, 1.82) is 0 Å². The molecule has 2 N–H and O–H groups in total. The third kappa shape index (κ3) is 2.97. The van der Waals surface area contributed by atoms with E-state index in [1.54, 1.807) is 18.0 Å². The van der Waals surface area contributed by atoms with Crippen molar-refractivity contribution >= 4 is 23.6 Å². The molecule has 2 atom stereocenters. The van der Waals surface area contributed by atoms with Crippen LogP contribution >= 0.6 is 11.8 Å². The van der Waals surface area contributed by atoms with Crippen LogP contribution < -0.4 is 5.73 Å². The van der Waals surface area contributed by atoms with Gasteiger partial charge >= 0.3 is 5.97 Å². The van der Waals surface area contributed by atoms with E-state index < -0.39 is 12.0 Å². The van der Waals surface area contributed by atoms with Crippen LogP contribution in [-0.4, -0.2) is 52.8 Å². The van der Waals surface area contributed by atoms with Crippen molar-refractivity contribution in [1.82, 2.24) is 9.88 Å². The standard InChI is InChI=1S/C15H17N3O4S/c1-21-8-22-15(20)12-9(6-10-4-2-3-5-17-10)7-23-14-11(16)13(19)18(12)14/h2-5,11,14H,6-8,16H2,1H3/t11?,14-/m0/s1. The van der Waals surface area contributed by atoms with Crippen molar-refractivity contribution in [3.05, 3.63) is 41.4 Å². The molecule has 1 amide bonds. The van der Waals surface area contributed by atoms with Crippen LogP contribution in [0.2, 0.25) is 0 Å². The number of esters is 1. The van der Waals surface area contributed by atoms with E-state index >= 15 is 0 Å². The molecule has 3 heterocycles. The normalized spacial score (nSPS) is 23.4. The predicted octanol–water partition coefficient (Wildman–Crippen LogP) is 0.268. The number of rotatable bonds is 5. The first-order chi connectivity index (χ1) is 11.1. The van der Waals surface area contributed by atoms with Gasteiger partial charge in [-0.05, 0) is 17.7 Å². The first kappa shape index (κ1) is 16.0. The second-order valence-corrected chi connectivity index (χ2v) is 6.33. The lowest BCUT2D eigenvalue weighted by Gasteiger charge is -2.48. The number of nitrogens with two attached hydrogens (primary N) is 1. The number of methoxy groups -OCH3 is 1. The van der Waals surface area contributed by atoms with Gasteiger partial charge in [-0.25, -0.2) is 4.79 Å². The molecule has 0 bridgehead atoms. The molecule has 122 valence electrons. The van der Waals surface area contributed by atoms with Crippen LogP contribution in [0.1, 0.15) is 5.69 Å². The fourth-order valence-electron chi connectivity index (χ4n) is 2.61. The molecule has 1 aromatic rings. The Bertz CT molecular complexity index is 649. The van der Waals surface area contributed by atoms with Crippen molar-refractivity contribution in [2.24, 2.45) is 5.73 Å². The summed E-state index contributed by atoms with van der Waals surface area (Å²) in [4.78, 5) is 30.2. The number of nitrogens with zero attached hydrogens (tertiary/aromatic N) is 2. The lowest BCUT2D eigenvalue weighted by Crippen LogP contribution is -2.68. The van der Waals surface area contributed by atoms with Crippen molar-refractivity contribution in [2.45, 2.75) is 17.8 Å². The topological polar surface area (TPSA) is 94.7 Å². The smallest absolute Gasteiger partial charge is 0.357 e. The molecule has 1 saturated heterocycles. The fraction of sp³-hybridized carbons (Fsp3) is 0.400. The van der Waals surface area contributed by atoms with Crippen LogP contribution in [0.3, 0.4) is 0 Å². The highest BCUT2D eigenvalue weighted by Gasteiger charge is 2.52. The summed E-state index contributed by atoms with van der Waals surface area (Å²) in [6.45, 7) is -0.162. The molecular weight excluding hydrogens is 318 g/mol. The van der Waals surface area contributed by atoms with Gasteiger partial charge in [0.2, 0.25) is 5.91 Å². The van der Waals surface area contributed by atoms with Crippen LogP contribution in [-0.2, 0) is 25.5 Å². The number of aromatic nitrogens is 1. The minimum absolute atomic E-state index is 0.162. The van der Waals surface area contributed by atoms with Crippen LogP contribution in [0, 0.1) is 0 Å². The molecule has 0 radical (unpaired) electrons. The lowest BCUT2D eigenvalue weighted by atomic mass is 10.0. The first-order valence-electron chi connectivity index (χ1n) is 7.11. The number of pyridine rings is 1. The number of ether oxygens (including phenoxy) is 2. The quantitative estimate of drug-likeness (QED) is 0.469. The summed E-state index contributed by atoms with van der Waals surface area (Å²) >= 11 is 1.55. The van der Waals surface area contributed by atoms with Crippen LogP contribution in [0.15, 0.2) is 35.7 Å². The zero-order valence-corrected chi connectivity index (χ0v) is 13.4. The van der Waals surface area contributed by atoms with Crippen LogP contribution in [0.4, 0.5) is 0 Å². The Hall–Kier alpha value is -1.90. The molecule has 1 fully saturated rings. The van der Waals surface area contributed by atoms with Crippen molar-refractivity contribution < 1.29 is 19.1 Å². The summed E-state index contributed by atoms with van der Waals surface area (Å²) in [5, 5.41) is -0.208. The number of thioether (sulfide) groups is 1. The average molecular weight is 335 g/mol. The van der Waals surface area contributed by atoms with E-state index in [4.69, 9.17) is 15.2 Å². The second-order valence-electron chi connectivity index (χ2n) is 5.22. The zero-order valence-electron chi connectivity index (χ0n) is 12.6. The molecular formula is C15H17N3O4S. The number of carbonyl (C=O) groups is 2. The third-order valence-corrected chi connectivity index (χ3v) is 5.07. The van der Waals surface area contributed by atoms with Crippen molar-refractivity contribution in [3.63, 3.8) is 0 Å². The van der Waals surface area contributed by atoms with E-state index in [0.717, 1.165) is 11.3 Å². The third-order valence-electron chi connectivity index (χ3n) is 3.71. The van der Waals surface area contributed by atoms with E-state index in [0.29, 0.717) is 12.2 Å². The molecule has 2 aliphatic heterocycles. The number of β-lactam (4-membered cyclic amide) rings is 1. The highest BCUT2D eigenvalue weighted by molar-refractivity contribution is 8.00. The number of hydrogen-bond acceptors (Lipinski definition) is 7. The lowest BCUT2D eigenvalue weighted by molar-refractivity contribution is -0.157. The van der Waals surface area contributed by atoms with Gasteiger partial charge in [0.15, 0.2) is 6.79 Å². The van der Waals surface area contributed by atoms with E-state index in [-0.39, 0.29) is 23.8 Å². The summed E-state index contributed by atoms with van der Waals surface area (Å²) in [7, 11) is 1.43. The van der Waals surface area contributed by atoms with Crippen LogP contribution in [0.5, 0.6) is 0 Å². The van der Waals surface area contributed by atoms with Crippen molar-refractivity contribution in [3.8, 4) is 0 Å². The number of carbonyl (C=O) groups excluding carboxylic acids is 2. The molecule has 0 aliphatic carbocycles. The molecule has 0 spiro atoms. The van der Waals surface area contributed by atoms with Gasteiger partial charge in [0.25, 0.3) is 0 Å². The summed E-state index contributed by atoms with van der Waals surface area (Å²) in [5.74, 6) is -0.218.